The molecule has 0 radical (unpaired) electrons. The molecule has 3 aromatic carbocycles. The number of hydrogen-bond donors (Lipinski definition) is 3. The Bertz CT molecular complexity index is 1490. The largest absolute Gasteiger partial charge is 0.491 e. The molecule has 41 heavy (non-hydrogen) atoms. The van der Waals surface area contributed by atoms with E-state index in [1.165, 1.54) is 6.42 Å². The van der Waals surface area contributed by atoms with Gasteiger partial charge in [0.15, 0.2) is 0 Å². The van der Waals surface area contributed by atoms with Crippen LogP contribution < -0.4 is 15.0 Å². The number of H-pyrrole nitrogens is 1. The Kier molecular flexibility index (Phi) is 8.92. The molecule has 1 saturated heterocycles. The Morgan fingerprint density at radius 3 is 2.51 bits per heavy atom. The monoisotopic (exact) mass is 553 g/mol. The molecule has 0 bridgehead atoms. The number of amides is 1. The van der Waals surface area contributed by atoms with Gasteiger partial charge in [-0.1, -0.05) is 42.5 Å². The van der Waals surface area contributed by atoms with Crippen molar-refractivity contribution in [3.05, 3.63) is 95.2 Å². The van der Waals surface area contributed by atoms with Crippen molar-refractivity contribution < 1.29 is 19.4 Å². The summed E-state index contributed by atoms with van der Waals surface area (Å²) in [6, 6.07) is 21.9. The van der Waals surface area contributed by atoms with Crippen molar-refractivity contribution in [1.82, 2.24) is 10.3 Å². The zero-order chi connectivity index (χ0) is 28.8. The molecular weight excluding hydrogens is 514 g/mol. The Morgan fingerprint density at radius 1 is 1.00 bits per heavy atom. The summed E-state index contributed by atoms with van der Waals surface area (Å²) >= 11 is 0. The molecule has 1 aliphatic heterocycles. The fraction of sp³-hybridized carbons (Fsp3) is 0.353. The molecule has 3 N–H and O–H groups in total. The highest BCUT2D eigenvalue weighted by Gasteiger charge is 2.24. The van der Waals surface area contributed by atoms with Crippen LogP contribution in [0.3, 0.4) is 0 Å². The zero-order valence-corrected chi connectivity index (χ0v) is 23.9. The molecule has 1 aromatic heterocycles. The molecule has 0 spiro atoms. The molecule has 5 rings (SSSR count). The maximum atomic E-state index is 13.6. The van der Waals surface area contributed by atoms with Gasteiger partial charge in [-0.25, -0.2) is 0 Å². The molecule has 1 fully saturated rings. The molecule has 4 aromatic rings. The van der Waals surface area contributed by atoms with Crippen molar-refractivity contribution in [3.8, 4) is 5.75 Å². The number of aliphatic carboxylic acids is 1. The topological polar surface area (TPSA) is 94.7 Å². The van der Waals surface area contributed by atoms with Crippen LogP contribution in [0.4, 0.5) is 5.69 Å². The van der Waals surface area contributed by atoms with E-state index in [-0.39, 0.29) is 30.9 Å². The number of carboxylic acids is 1. The van der Waals surface area contributed by atoms with E-state index in [1.54, 1.807) is 0 Å². The highest BCUT2D eigenvalue weighted by molar-refractivity contribution is 5.87. The lowest BCUT2D eigenvalue weighted by atomic mass is 9.95. The predicted octanol–water partition coefficient (Wildman–Crippen LogP) is 6.41. The Balaban J connectivity index is 1.44. The number of piperidine rings is 1. The minimum Gasteiger partial charge on any atom is -0.491 e. The number of aromatic nitrogens is 1. The second kappa shape index (κ2) is 12.9. The molecule has 214 valence electrons. The van der Waals surface area contributed by atoms with Gasteiger partial charge in [-0.15, -0.1) is 0 Å². The average molecular weight is 554 g/mol. The fourth-order valence-corrected chi connectivity index (χ4v) is 5.69. The summed E-state index contributed by atoms with van der Waals surface area (Å²) in [6.07, 6.45) is 6.18. The van der Waals surface area contributed by atoms with Crippen LogP contribution in [0, 0.1) is 0 Å². The highest BCUT2D eigenvalue weighted by Crippen LogP contribution is 2.36. The van der Waals surface area contributed by atoms with Gasteiger partial charge < -0.3 is 25.0 Å². The summed E-state index contributed by atoms with van der Waals surface area (Å²) in [5, 5.41) is 13.4. The predicted molar refractivity (Wildman–Crippen MR) is 163 cm³/mol. The van der Waals surface area contributed by atoms with Gasteiger partial charge in [0, 0.05) is 53.9 Å². The second-order valence-corrected chi connectivity index (χ2v) is 11.1. The SMILES string of the molecule is CC(C)Oc1ccc(C(NC(=O)Cc2ccc3[nH]cc(CCC(=O)O)c3c2)c2ccccc2)c(N2CCCCC2)c1. The number of carbonyl (C=O) groups excluding carboxylic acids is 1. The first kappa shape index (κ1) is 28.3. The Hall–Kier alpha value is -4.26. The lowest BCUT2D eigenvalue weighted by Crippen LogP contribution is -2.34. The number of benzene rings is 3. The van der Waals surface area contributed by atoms with Crippen molar-refractivity contribution in [2.24, 2.45) is 0 Å². The molecule has 7 nitrogen and oxygen atoms in total. The molecule has 0 aliphatic carbocycles. The summed E-state index contributed by atoms with van der Waals surface area (Å²) < 4.78 is 6.07. The molecule has 0 saturated carbocycles. The average Bonchev–Trinajstić information content (AvgIpc) is 3.38. The van der Waals surface area contributed by atoms with Crippen molar-refractivity contribution >= 4 is 28.5 Å². The van der Waals surface area contributed by atoms with Crippen LogP contribution in [-0.4, -0.2) is 41.2 Å². The number of fused-ring (bicyclic) bond motifs is 1. The van der Waals surface area contributed by atoms with E-state index in [0.29, 0.717) is 6.42 Å². The minimum absolute atomic E-state index is 0.0662. The van der Waals surface area contributed by atoms with Gasteiger partial charge in [0.1, 0.15) is 5.75 Å². The maximum Gasteiger partial charge on any atom is 0.303 e. The number of hydrogen-bond acceptors (Lipinski definition) is 4. The van der Waals surface area contributed by atoms with Crippen LogP contribution >= 0.6 is 0 Å². The third-order valence-electron chi connectivity index (χ3n) is 7.62. The third kappa shape index (κ3) is 7.09. The van der Waals surface area contributed by atoms with E-state index < -0.39 is 5.97 Å². The van der Waals surface area contributed by atoms with Gasteiger partial charge in [0.05, 0.1) is 18.6 Å². The first-order chi connectivity index (χ1) is 19.9. The van der Waals surface area contributed by atoms with E-state index in [9.17, 15) is 9.59 Å². The van der Waals surface area contributed by atoms with E-state index >= 15 is 0 Å². The number of nitrogens with zero attached hydrogens (tertiary/aromatic N) is 1. The molecule has 7 heteroatoms. The lowest BCUT2D eigenvalue weighted by molar-refractivity contribution is -0.137. The second-order valence-electron chi connectivity index (χ2n) is 11.1. The number of carbonyl (C=O) groups is 2. The molecule has 1 aliphatic rings. The molecule has 1 atom stereocenters. The van der Waals surface area contributed by atoms with Crippen LogP contribution in [0.2, 0.25) is 0 Å². The number of rotatable bonds is 11. The normalized spacial score (nSPS) is 14.3. The number of ether oxygens (including phenoxy) is 1. The standard InChI is InChI=1S/C34H39N3O4/c1-23(2)41-27-13-14-28(31(21-27)37-17-7-4-8-18-37)34(25-9-5-3-6-10-25)36-32(38)20-24-11-15-30-29(19-24)26(22-35-30)12-16-33(39)40/h3,5-6,9-11,13-15,19,21-23,34-35H,4,7-8,12,16-18,20H2,1-2H3,(H,36,38)(H,39,40). The molecule has 1 amide bonds. The van der Waals surface area contributed by atoms with Gasteiger partial charge in [-0.2, -0.15) is 0 Å². The lowest BCUT2D eigenvalue weighted by Gasteiger charge is -2.33. The highest BCUT2D eigenvalue weighted by atomic mass is 16.5. The summed E-state index contributed by atoms with van der Waals surface area (Å²) in [6.45, 7) is 6.02. The molecule has 2 heterocycles. The Labute approximate surface area is 241 Å². The zero-order valence-electron chi connectivity index (χ0n) is 23.9. The van der Waals surface area contributed by atoms with Crippen LogP contribution in [-0.2, 0) is 22.4 Å². The smallest absolute Gasteiger partial charge is 0.303 e. The fourth-order valence-electron chi connectivity index (χ4n) is 5.69. The first-order valence-electron chi connectivity index (χ1n) is 14.6. The van der Waals surface area contributed by atoms with Crippen molar-refractivity contribution in [2.45, 2.75) is 64.5 Å². The summed E-state index contributed by atoms with van der Waals surface area (Å²) in [5.74, 6) is -0.0662. The van der Waals surface area contributed by atoms with Crippen molar-refractivity contribution in [3.63, 3.8) is 0 Å². The van der Waals surface area contributed by atoms with E-state index in [0.717, 1.165) is 70.5 Å². The molecular formula is C34H39N3O4. The number of anilines is 1. The quantitative estimate of drug-likeness (QED) is 0.200. The first-order valence-corrected chi connectivity index (χ1v) is 14.6. The maximum absolute atomic E-state index is 13.6. The number of nitrogens with one attached hydrogen (secondary N) is 2. The number of aryl methyl sites for hydroxylation is 1. The summed E-state index contributed by atoms with van der Waals surface area (Å²) in [4.78, 5) is 30.3. The number of aromatic amines is 1. The summed E-state index contributed by atoms with van der Waals surface area (Å²) in [7, 11) is 0. The minimum atomic E-state index is -0.824. The van der Waals surface area contributed by atoms with Gasteiger partial charge in [-0.05, 0) is 74.4 Å². The van der Waals surface area contributed by atoms with Crippen LogP contribution in [0.15, 0.2) is 72.9 Å². The van der Waals surface area contributed by atoms with Crippen LogP contribution in [0.1, 0.15) is 67.8 Å². The van der Waals surface area contributed by atoms with Crippen molar-refractivity contribution in [2.75, 3.05) is 18.0 Å². The van der Waals surface area contributed by atoms with Gasteiger partial charge in [-0.3, -0.25) is 9.59 Å². The van der Waals surface area contributed by atoms with E-state index in [4.69, 9.17) is 9.84 Å². The third-order valence-corrected chi connectivity index (χ3v) is 7.62. The van der Waals surface area contributed by atoms with Gasteiger partial charge >= 0.3 is 5.97 Å². The van der Waals surface area contributed by atoms with Gasteiger partial charge in [0.25, 0.3) is 0 Å². The van der Waals surface area contributed by atoms with Gasteiger partial charge in [0.2, 0.25) is 5.91 Å². The van der Waals surface area contributed by atoms with E-state index in [1.807, 2.05) is 62.5 Å². The Morgan fingerprint density at radius 2 is 1.78 bits per heavy atom. The van der Waals surface area contributed by atoms with Crippen LogP contribution in [0.25, 0.3) is 10.9 Å². The van der Waals surface area contributed by atoms with E-state index in [2.05, 4.69) is 39.5 Å². The van der Waals surface area contributed by atoms with Crippen molar-refractivity contribution in [1.29, 1.82) is 0 Å². The van der Waals surface area contributed by atoms with Crippen LogP contribution in [0.5, 0.6) is 5.75 Å². The number of carboxylic acid groups (broad SMARTS) is 1. The summed E-state index contributed by atoms with van der Waals surface area (Å²) in [5.41, 5.74) is 5.95. The molecule has 1 unspecified atom stereocenters.